The number of nitrogens with zero attached hydrogens (tertiary/aromatic N) is 1. The van der Waals surface area contributed by atoms with Crippen LogP contribution in [-0.2, 0) is 0 Å². The van der Waals surface area contributed by atoms with Gasteiger partial charge < -0.3 is 20.1 Å². The zero-order valence-corrected chi connectivity index (χ0v) is 14.4. The van der Waals surface area contributed by atoms with Crippen molar-refractivity contribution in [1.82, 2.24) is 0 Å². The van der Waals surface area contributed by atoms with E-state index in [0.29, 0.717) is 46.5 Å². The molecule has 1 heterocycles. The topological polar surface area (TPSA) is 81.9 Å². The molecule has 0 aromatic heterocycles. The van der Waals surface area contributed by atoms with E-state index in [4.69, 9.17) is 26.8 Å². The van der Waals surface area contributed by atoms with E-state index in [0.717, 1.165) is 6.42 Å². The van der Waals surface area contributed by atoms with Crippen LogP contribution in [-0.4, -0.2) is 32.1 Å². The second kappa shape index (κ2) is 7.03. The van der Waals surface area contributed by atoms with Gasteiger partial charge in [0.1, 0.15) is 0 Å². The first-order valence-electron chi connectivity index (χ1n) is 7.74. The van der Waals surface area contributed by atoms with E-state index in [9.17, 15) is 9.59 Å². The Balaban J connectivity index is 1.88. The second-order valence-corrected chi connectivity index (χ2v) is 6.02. The van der Waals surface area contributed by atoms with E-state index in [1.807, 2.05) is 0 Å². The lowest BCUT2D eigenvalue weighted by molar-refractivity contribution is 0.0989. The van der Waals surface area contributed by atoms with Gasteiger partial charge in [0.25, 0.3) is 5.91 Å². The number of nitrogens with two attached hydrogens (primary N) is 1. The van der Waals surface area contributed by atoms with Crippen molar-refractivity contribution in [3.8, 4) is 11.5 Å². The zero-order chi connectivity index (χ0) is 18.0. The van der Waals surface area contributed by atoms with Crippen LogP contribution in [0, 0.1) is 0 Å². The van der Waals surface area contributed by atoms with Crippen LogP contribution in [0.25, 0.3) is 0 Å². The molecule has 25 heavy (non-hydrogen) atoms. The van der Waals surface area contributed by atoms with E-state index < -0.39 is 5.91 Å². The Hall–Kier alpha value is -2.73. The van der Waals surface area contributed by atoms with Gasteiger partial charge in [-0.25, -0.2) is 0 Å². The van der Waals surface area contributed by atoms with E-state index in [2.05, 4.69) is 0 Å². The van der Waals surface area contributed by atoms with Gasteiger partial charge in [-0.3, -0.25) is 9.59 Å². The highest BCUT2D eigenvalue weighted by Gasteiger charge is 2.21. The van der Waals surface area contributed by atoms with E-state index in [1.165, 1.54) is 4.90 Å². The summed E-state index contributed by atoms with van der Waals surface area (Å²) in [7, 11) is 1.64. The van der Waals surface area contributed by atoms with Crippen LogP contribution < -0.4 is 20.1 Å². The summed E-state index contributed by atoms with van der Waals surface area (Å²) < 4.78 is 11.2. The molecule has 0 atom stereocenters. The number of halogens is 1. The van der Waals surface area contributed by atoms with Gasteiger partial charge in [0.2, 0.25) is 5.91 Å². The van der Waals surface area contributed by atoms with Gasteiger partial charge >= 0.3 is 0 Å². The van der Waals surface area contributed by atoms with Gasteiger partial charge in [0, 0.05) is 30.3 Å². The first-order chi connectivity index (χ1) is 12.0. The lowest BCUT2D eigenvalue weighted by Gasteiger charge is -2.19. The molecule has 6 nitrogen and oxygen atoms in total. The number of ether oxygens (including phenoxy) is 2. The molecule has 0 aliphatic carbocycles. The van der Waals surface area contributed by atoms with Crippen molar-refractivity contribution in [2.45, 2.75) is 6.42 Å². The van der Waals surface area contributed by atoms with Crippen molar-refractivity contribution in [2.75, 3.05) is 25.2 Å². The first-order valence-corrected chi connectivity index (χ1v) is 8.12. The van der Waals surface area contributed by atoms with Gasteiger partial charge in [-0.05, 0) is 36.4 Å². The molecular weight excluding hydrogens is 344 g/mol. The number of benzene rings is 2. The van der Waals surface area contributed by atoms with Crippen molar-refractivity contribution in [1.29, 1.82) is 0 Å². The van der Waals surface area contributed by atoms with Gasteiger partial charge in [0.15, 0.2) is 11.5 Å². The molecule has 1 aliphatic heterocycles. The smallest absolute Gasteiger partial charge is 0.258 e. The molecule has 1 aliphatic rings. The lowest BCUT2D eigenvalue weighted by atomic mass is 10.1. The predicted octanol–water partition coefficient (Wildman–Crippen LogP) is 2.88. The van der Waals surface area contributed by atoms with Crippen LogP contribution in [0.2, 0.25) is 5.02 Å². The standard InChI is InChI=1S/C18H17ClN2O4/c1-21(13-5-3-11(4-6-13)17(20)22)18(23)12-9-14(19)16-15(10-12)24-7-2-8-25-16/h3-6,9-10H,2,7-8H2,1H3,(H2,20,22). The molecule has 3 rings (SSSR count). The molecule has 7 heteroatoms. The molecule has 2 aromatic carbocycles. The average Bonchev–Trinajstić information content (AvgIpc) is 2.86. The third-order valence-electron chi connectivity index (χ3n) is 3.89. The SMILES string of the molecule is CN(C(=O)c1cc(Cl)c2c(c1)OCCCO2)c1ccc(C(N)=O)cc1. The molecule has 0 saturated heterocycles. The Labute approximate surface area is 150 Å². The summed E-state index contributed by atoms with van der Waals surface area (Å²) in [4.78, 5) is 25.4. The number of rotatable bonds is 3. The molecule has 0 unspecified atom stereocenters. The van der Waals surface area contributed by atoms with Crippen LogP contribution in [0.4, 0.5) is 5.69 Å². The maximum absolute atomic E-state index is 12.8. The van der Waals surface area contributed by atoms with Crippen molar-refractivity contribution in [2.24, 2.45) is 5.73 Å². The minimum atomic E-state index is -0.518. The molecule has 0 spiro atoms. The fraction of sp³-hybridized carbons (Fsp3) is 0.222. The minimum Gasteiger partial charge on any atom is -0.489 e. The highest BCUT2D eigenvalue weighted by Crippen LogP contribution is 2.38. The van der Waals surface area contributed by atoms with Crippen molar-refractivity contribution in [3.63, 3.8) is 0 Å². The van der Waals surface area contributed by atoms with Crippen LogP contribution in [0.1, 0.15) is 27.1 Å². The van der Waals surface area contributed by atoms with Gasteiger partial charge in [-0.2, -0.15) is 0 Å². The Bertz CT molecular complexity index is 821. The molecule has 0 radical (unpaired) electrons. The fourth-order valence-corrected chi connectivity index (χ4v) is 2.78. The van der Waals surface area contributed by atoms with Crippen LogP contribution in [0.5, 0.6) is 11.5 Å². The molecular formula is C18H17ClN2O4. The number of carbonyl (C=O) groups is 2. The Morgan fingerprint density at radius 1 is 1.08 bits per heavy atom. The Morgan fingerprint density at radius 2 is 1.76 bits per heavy atom. The van der Waals surface area contributed by atoms with Crippen molar-refractivity contribution >= 4 is 29.1 Å². The average molecular weight is 361 g/mol. The van der Waals surface area contributed by atoms with E-state index >= 15 is 0 Å². The van der Waals surface area contributed by atoms with Crippen molar-refractivity contribution in [3.05, 3.63) is 52.5 Å². The summed E-state index contributed by atoms with van der Waals surface area (Å²) in [6.45, 7) is 1.03. The number of anilines is 1. The molecule has 2 amide bonds. The summed E-state index contributed by atoms with van der Waals surface area (Å²) in [5, 5.41) is 0.334. The molecule has 2 aromatic rings. The first kappa shape index (κ1) is 17.1. The largest absolute Gasteiger partial charge is 0.489 e. The maximum atomic E-state index is 12.8. The fourth-order valence-electron chi connectivity index (χ4n) is 2.51. The second-order valence-electron chi connectivity index (χ2n) is 5.61. The van der Waals surface area contributed by atoms with Crippen molar-refractivity contribution < 1.29 is 19.1 Å². The Morgan fingerprint density at radius 3 is 2.44 bits per heavy atom. The summed E-state index contributed by atoms with van der Waals surface area (Å²) in [5.74, 6) is 0.148. The molecule has 0 saturated carbocycles. The van der Waals surface area contributed by atoms with E-state index in [1.54, 1.807) is 43.4 Å². The predicted molar refractivity (Wildman–Crippen MR) is 94.8 cm³/mol. The number of hydrogen-bond acceptors (Lipinski definition) is 4. The number of carbonyl (C=O) groups excluding carboxylic acids is 2. The normalized spacial score (nSPS) is 13.0. The molecule has 0 bridgehead atoms. The number of amides is 2. The van der Waals surface area contributed by atoms with Gasteiger partial charge in [-0.15, -0.1) is 0 Å². The minimum absolute atomic E-state index is 0.260. The molecule has 2 N–H and O–H groups in total. The molecule has 0 fully saturated rings. The summed E-state index contributed by atoms with van der Waals surface area (Å²) in [5.41, 5.74) is 6.61. The quantitative estimate of drug-likeness (QED) is 0.912. The summed E-state index contributed by atoms with van der Waals surface area (Å²) in [6.07, 6.45) is 0.750. The molecule has 130 valence electrons. The summed E-state index contributed by atoms with van der Waals surface area (Å²) in [6, 6.07) is 9.64. The highest BCUT2D eigenvalue weighted by molar-refractivity contribution is 6.32. The number of primary amides is 1. The van der Waals surface area contributed by atoms with Crippen LogP contribution >= 0.6 is 11.6 Å². The maximum Gasteiger partial charge on any atom is 0.258 e. The number of fused-ring (bicyclic) bond motifs is 1. The van der Waals surface area contributed by atoms with E-state index in [-0.39, 0.29) is 5.91 Å². The number of hydrogen-bond donors (Lipinski definition) is 1. The van der Waals surface area contributed by atoms with Gasteiger partial charge in [-0.1, -0.05) is 11.6 Å². The van der Waals surface area contributed by atoms with Crippen LogP contribution in [0.3, 0.4) is 0 Å². The van der Waals surface area contributed by atoms with Crippen LogP contribution in [0.15, 0.2) is 36.4 Å². The third kappa shape index (κ3) is 3.53. The highest BCUT2D eigenvalue weighted by atomic mass is 35.5. The zero-order valence-electron chi connectivity index (χ0n) is 13.6. The third-order valence-corrected chi connectivity index (χ3v) is 4.17. The Kier molecular flexibility index (Phi) is 4.81. The van der Waals surface area contributed by atoms with Gasteiger partial charge in [0.05, 0.1) is 18.2 Å². The lowest BCUT2D eigenvalue weighted by Crippen LogP contribution is -2.26. The monoisotopic (exact) mass is 360 g/mol. The summed E-state index contributed by atoms with van der Waals surface area (Å²) >= 11 is 6.24.